The van der Waals surface area contributed by atoms with E-state index in [0.717, 1.165) is 15.4 Å². The summed E-state index contributed by atoms with van der Waals surface area (Å²) >= 11 is 0. The third-order valence-corrected chi connectivity index (χ3v) is 4.80. The molecule has 96 valence electrons. The second-order valence-corrected chi connectivity index (χ2v) is 6.82. The SMILES string of the molecule is O=C1CC2(COCc3ccccc32)N1S(=O)(=O)Cl. The number of carbonyl (C=O) groups is 1. The van der Waals surface area contributed by atoms with Gasteiger partial charge in [-0.05, 0) is 11.1 Å². The number of rotatable bonds is 1. The van der Waals surface area contributed by atoms with Crippen LogP contribution in [-0.4, -0.2) is 25.2 Å². The quantitative estimate of drug-likeness (QED) is 0.574. The normalized spacial score (nSPS) is 26.9. The Bertz CT molecular complexity index is 630. The van der Waals surface area contributed by atoms with Crippen LogP contribution in [0.1, 0.15) is 17.5 Å². The molecule has 7 heteroatoms. The van der Waals surface area contributed by atoms with E-state index in [2.05, 4.69) is 0 Å². The number of fused-ring (bicyclic) bond motifs is 2. The summed E-state index contributed by atoms with van der Waals surface area (Å²) in [5.74, 6) is -0.495. The maximum Gasteiger partial charge on any atom is 0.324 e. The van der Waals surface area contributed by atoms with Crippen LogP contribution in [0, 0.1) is 0 Å². The van der Waals surface area contributed by atoms with E-state index in [4.69, 9.17) is 15.4 Å². The predicted octanol–water partition coefficient (Wildman–Crippen LogP) is 1.13. The molecule has 0 aromatic heterocycles. The van der Waals surface area contributed by atoms with Gasteiger partial charge in [-0.2, -0.15) is 8.42 Å². The molecule has 18 heavy (non-hydrogen) atoms. The van der Waals surface area contributed by atoms with E-state index in [9.17, 15) is 13.2 Å². The van der Waals surface area contributed by atoms with Gasteiger partial charge in [0.05, 0.1) is 19.6 Å². The van der Waals surface area contributed by atoms with E-state index in [1.54, 1.807) is 0 Å². The standard InChI is InChI=1S/C11H10ClNO4S/c12-18(15,16)13-10(14)5-11(13)7-17-6-8-3-1-2-4-9(8)11/h1-4H,5-7H2. The highest BCUT2D eigenvalue weighted by atomic mass is 35.7. The zero-order valence-electron chi connectivity index (χ0n) is 9.30. The smallest absolute Gasteiger partial charge is 0.324 e. The van der Waals surface area contributed by atoms with Crippen molar-refractivity contribution < 1.29 is 17.9 Å². The van der Waals surface area contributed by atoms with Gasteiger partial charge in [0.25, 0.3) is 0 Å². The minimum absolute atomic E-state index is 0.107. The van der Waals surface area contributed by atoms with Crippen molar-refractivity contribution in [2.45, 2.75) is 18.6 Å². The van der Waals surface area contributed by atoms with Crippen LogP contribution < -0.4 is 0 Å². The van der Waals surface area contributed by atoms with Crippen molar-refractivity contribution in [2.24, 2.45) is 0 Å². The lowest BCUT2D eigenvalue weighted by atomic mass is 9.77. The first-order chi connectivity index (χ1) is 8.45. The lowest BCUT2D eigenvalue weighted by Gasteiger charge is -2.51. The number of hydrogen-bond acceptors (Lipinski definition) is 4. The molecule has 1 atom stereocenters. The van der Waals surface area contributed by atoms with Gasteiger partial charge in [0.2, 0.25) is 5.91 Å². The molecule has 1 unspecified atom stereocenters. The van der Waals surface area contributed by atoms with Crippen molar-refractivity contribution in [2.75, 3.05) is 6.61 Å². The summed E-state index contributed by atoms with van der Waals surface area (Å²) in [5, 5.41) is 0. The Morgan fingerprint density at radius 3 is 2.72 bits per heavy atom. The molecule has 1 aromatic carbocycles. The lowest BCUT2D eigenvalue weighted by molar-refractivity contribution is -0.153. The molecule has 1 saturated heterocycles. The molecule has 0 radical (unpaired) electrons. The molecule has 1 aromatic rings. The predicted molar refractivity (Wildman–Crippen MR) is 64.0 cm³/mol. The van der Waals surface area contributed by atoms with Gasteiger partial charge in [-0.15, -0.1) is 0 Å². The Hall–Kier alpha value is -1.11. The average Bonchev–Trinajstić information content (AvgIpc) is 2.26. The first-order valence-corrected chi connectivity index (χ1v) is 7.66. The third kappa shape index (κ3) is 1.49. The Morgan fingerprint density at radius 2 is 2.06 bits per heavy atom. The second kappa shape index (κ2) is 3.69. The van der Waals surface area contributed by atoms with Crippen LogP contribution in [0.5, 0.6) is 0 Å². The average molecular weight is 288 g/mol. The second-order valence-electron chi connectivity index (χ2n) is 4.46. The molecule has 1 spiro atoms. The Balaban J connectivity index is 2.16. The van der Waals surface area contributed by atoms with Gasteiger partial charge in [-0.1, -0.05) is 24.3 Å². The Kier molecular flexibility index (Phi) is 2.45. The maximum atomic E-state index is 11.6. The van der Waals surface area contributed by atoms with Crippen molar-refractivity contribution >= 4 is 25.8 Å². The highest BCUT2D eigenvalue weighted by Crippen LogP contribution is 2.48. The zero-order chi connectivity index (χ0) is 13.0. The summed E-state index contributed by atoms with van der Waals surface area (Å²) in [5.41, 5.74) is 0.744. The van der Waals surface area contributed by atoms with Gasteiger partial charge < -0.3 is 4.74 Å². The van der Waals surface area contributed by atoms with Crippen LogP contribution in [-0.2, 0) is 30.9 Å². The van der Waals surface area contributed by atoms with Gasteiger partial charge in [-0.3, -0.25) is 4.79 Å². The molecule has 5 nitrogen and oxygen atoms in total. The number of carbonyl (C=O) groups excluding carboxylic acids is 1. The number of nitrogens with zero attached hydrogens (tertiary/aromatic N) is 1. The van der Waals surface area contributed by atoms with Crippen molar-refractivity contribution in [1.29, 1.82) is 0 Å². The molecule has 0 bridgehead atoms. The topological polar surface area (TPSA) is 63.7 Å². The van der Waals surface area contributed by atoms with E-state index in [-0.39, 0.29) is 13.0 Å². The van der Waals surface area contributed by atoms with Gasteiger partial charge >= 0.3 is 9.24 Å². The molecular formula is C11H10ClNO4S. The molecule has 0 N–H and O–H groups in total. The molecule has 3 rings (SSSR count). The summed E-state index contributed by atoms with van der Waals surface area (Å²) < 4.78 is 29.2. The third-order valence-electron chi connectivity index (χ3n) is 3.39. The highest BCUT2D eigenvalue weighted by Gasteiger charge is 2.59. The number of ether oxygens (including phenoxy) is 1. The van der Waals surface area contributed by atoms with Crippen LogP contribution in [0.4, 0.5) is 0 Å². The molecule has 1 amide bonds. The fourth-order valence-electron chi connectivity index (χ4n) is 2.69. The number of hydrogen-bond donors (Lipinski definition) is 0. The Morgan fingerprint density at radius 1 is 1.33 bits per heavy atom. The van der Waals surface area contributed by atoms with Gasteiger partial charge in [0, 0.05) is 10.7 Å². The monoisotopic (exact) mass is 287 g/mol. The minimum atomic E-state index is -4.09. The van der Waals surface area contributed by atoms with E-state index in [0.29, 0.717) is 6.61 Å². The van der Waals surface area contributed by atoms with Crippen LogP contribution in [0.15, 0.2) is 24.3 Å². The van der Waals surface area contributed by atoms with E-state index >= 15 is 0 Å². The van der Waals surface area contributed by atoms with Crippen molar-refractivity contribution in [1.82, 2.24) is 4.31 Å². The summed E-state index contributed by atoms with van der Waals surface area (Å²) in [4.78, 5) is 11.6. The first-order valence-electron chi connectivity index (χ1n) is 5.39. The van der Waals surface area contributed by atoms with Crippen molar-refractivity contribution in [3.05, 3.63) is 35.4 Å². The lowest BCUT2D eigenvalue weighted by Crippen LogP contribution is -2.65. The molecule has 1 fully saturated rings. The van der Waals surface area contributed by atoms with Crippen LogP contribution in [0.25, 0.3) is 0 Å². The molecule has 0 aliphatic carbocycles. The summed E-state index contributed by atoms with van der Waals surface area (Å²) in [7, 11) is 1.25. The van der Waals surface area contributed by atoms with Gasteiger partial charge in [0.1, 0.15) is 5.54 Å². The molecule has 0 saturated carbocycles. The van der Waals surface area contributed by atoms with E-state index in [1.165, 1.54) is 0 Å². The molecular weight excluding hydrogens is 278 g/mol. The molecule has 2 heterocycles. The van der Waals surface area contributed by atoms with Crippen LogP contribution in [0.3, 0.4) is 0 Å². The van der Waals surface area contributed by atoms with Crippen LogP contribution >= 0.6 is 10.7 Å². The zero-order valence-corrected chi connectivity index (χ0v) is 10.9. The number of β-lactam (4-membered cyclic amide) rings is 1. The summed E-state index contributed by atoms with van der Waals surface area (Å²) in [6.45, 7) is 0.573. The largest absolute Gasteiger partial charge is 0.374 e. The minimum Gasteiger partial charge on any atom is -0.374 e. The maximum absolute atomic E-state index is 11.6. The number of benzene rings is 1. The van der Waals surface area contributed by atoms with Crippen molar-refractivity contribution in [3.8, 4) is 0 Å². The first kappa shape index (κ1) is 12.0. The number of halogens is 1. The fourth-order valence-corrected chi connectivity index (χ4v) is 4.26. The van der Waals surface area contributed by atoms with Gasteiger partial charge in [0.15, 0.2) is 0 Å². The number of amides is 1. The summed E-state index contributed by atoms with van der Waals surface area (Å²) in [6.07, 6.45) is 0.107. The highest BCUT2D eigenvalue weighted by molar-refractivity contribution is 8.12. The van der Waals surface area contributed by atoms with Crippen LogP contribution in [0.2, 0.25) is 0 Å². The van der Waals surface area contributed by atoms with E-state index < -0.39 is 20.7 Å². The summed E-state index contributed by atoms with van der Waals surface area (Å²) in [6, 6.07) is 7.34. The van der Waals surface area contributed by atoms with Gasteiger partial charge in [-0.25, -0.2) is 4.31 Å². The van der Waals surface area contributed by atoms with E-state index in [1.807, 2.05) is 24.3 Å². The fraction of sp³-hybridized carbons (Fsp3) is 0.364. The molecule has 2 aliphatic heterocycles. The molecule has 2 aliphatic rings. The Labute approximate surface area is 109 Å². The van der Waals surface area contributed by atoms with Crippen molar-refractivity contribution in [3.63, 3.8) is 0 Å².